The Morgan fingerprint density at radius 1 is 1.20 bits per heavy atom. The Kier molecular flexibility index (Phi) is 5.04. The largest absolute Gasteiger partial charge is 0.497 e. The second kappa shape index (κ2) is 6.77. The van der Waals surface area contributed by atoms with Gasteiger partial charge in [-0.05, 0) is 31.2 Å². The van der Waals surface area contributed by atoms with Gasteiger partial charge in [-0.3, -0.25) is 0 Å². The van der Waals surface area contributed by atoms with Crippen molar-refractivity contribution in [2.24, 2.45) is 5.73 Å². The second-order valence-corrected chi connectivity index (χ2v) is 5.43. The van der Waals surface area contributed by atoms with Crippen LogP contribution in [0.5, 0.6) is 11.5 Å². The molecule has 0 aromatic heterocycles. The lowest BCUT2D eigenvalue weighted by Gasteiger charge is -2.14. The molecule has 2 aromatic carbocycles. The topological polar surface area (TPSA) is 44.5 Å². The molecular formula is C16H18BrNO2. The van der Waals surface area contributed by atoms with Gasteiger partial charge in [-0.1, -0.05) is 34.1 Å². The molecule has 0 saturated heterocycles. The van der Waals surface area contributed by atoms with Crippen molar-refractivity contribution in [1.82, 2.24) is 0 Å². The minimum Gasteiger partial charge on any atom is -0.497 e. The van der Waals surface area contributed by atoms with Crippen LogP contribution >= 0.6 is 15.9 Å². The molecule has 1 atom stereocenters. The molecule has 0 aliphatic rings. The van der Waals surface area contributed by atoms with Crippen LogP contribution in [-0.4, -0.2) is 7.11 Å². The normalized spacial score (nSPS) is 12.0. The van der Waals surface area contributed by atoms with Crippen molar-refractivity contribution in [2.75, 3.05) is 7.11 Å². The molecule has 2 N–H and O–H groups in total. The van der Waals surface area contributed by atoms with Crippen molar-refractivity contribution in [3.63, 3.8) is 0 Å². The molecule has 0 saturated carbocycles. The maximum absolute atomic E-state index is 5.95. The van der Waals surface area contributed by atoms with Crippen LogP contribution in [0.2, 0.25) is 0 Å². The van der Waals surface area contributed by atoms with Gasteiger partial charge in [-0.15, -0.1) is 0 Å². The fourth-order valence-electron chi connectivity index (χ4n) is 1.93. The zero-order valence-corrected chi connectivity index (χ0v) is 13.2. The molecule has 0 bridgehead atoms. The first kappa shape index (κ1) is 14.9. The first-order chi connectivity index (χ1) is 9.61. The molecule has 2 aromatic rings. The molecule has 0 amide bonds. The van der Waals surface area contributed by atoms with E-state index < -0.39 is 0 Å². The van der Waals surface area contributed by atoms with Gasteiger partial charge in [0.05, 0.1) is 7.11 Å². The van der Waals surface area contributed by atoms with E-state index in [-0.39, 0.29) is 6.04 Å². The maximum atomic E-state index is 5.95. The van der Waals surface area contributed by atoms with Gasteiger partial charge in [0.2, 0.25) is 0 Å². The third kappa shape index (κ3) is 3.52. The monoisotopic (exact) mass is 335 g/mol. The first-order valence-electron chi connectivity index (χ1n) is 6.41. The van der Waals surface area contributed by atoms with Gasteiger partial charge >= 0.3 is 0 Å². The van der Waals surface area contributed by atoms with Crippen molar-refractivity contribution in [3.05, 3.63) is 58.1 Å². The lowest BCUT2D eigenvalue weighted by atomic mass is 10.1. The van der Waals surface area contributed by atoms with Crippen molar-refractivity contribution in [3.8, 4) is 11.5 Å². The zero-order valence-electron chi connectivity index (χ0n) is 11.6. The SMILES string of the molecule is COc1ccc(Br)c(COc2ccccc2[C@H](C)N)c1. The summed E-state index contributed by atoms with van der Waals surface area (Å²) < 4.78 is 12.1. The highest BCUT2D eigenvalue weighted by Gasteiger charge is 2.09. The third-order valence-corrected chi connectivity index (χ3v) is 3.82. The highest BCUT2D eigenvalue weighted by molar-refractivity contribution is 9.10. The number of hydrogen-bond donors (Lipinski definition) is 1. The molecule has 20 heavy (non-hydrogen) atoms. The fraction of sp³-hybridized carbons (Fsp3) is 0.250. The van der Waals surface area contributed by atoms with E-state index in [1.807, 2.05) is 49.4 Å². The Morgan fingerprint density at radius 3 is 2.65 bits per heavy atom. The average molecular weight is 336 g/mol. The number of ether oxygens (including phenoxy) is 2. The molecule has 3 nitrogen and oxygen atoms in total. The Morgan fingerprint density at radius 2 is 1.95 bits per heavy atom. The van der Waals surface area contributed by atoms with Crippen LogP contribution in [0, 0.1) is 0 Å². The number of halogens is 1. The van der Waals surface area contributed by atoms with Gasteiger partial charge in [-0.25, -0.2) is 0 Å². The van der Waals surface area contributed by atoms with Gasteiger partial charge in [0, 0.05) is 21.6 Å². The summed E-state index contributed by atoms with van der Waals surface area (Å²) in [6.45, 7) is 2.41. The molecule has 0 aliphatic carbocycles. The quantitative estimate of drug-likeness (QED) is 0.896. The molecule has 2 rings (SSSR count). The Hall–Kier alpha value is -1.52. The average Bonchev–Trinajstić information content (AvgIpc) is 2.46. The van der Waals surface area contributed by atoms with Crippen molar-refractivity contribution < 1.29 is 9.47 Å². The van der Waals surface area contributed by atoms with E-state index in [4.69, 9.17) is 15.2 Å². The van der Waals surface area contributed by atoms with Crippen LogP contribution in [0.3, 0.4) is 0 Å². The summed E-state index contributed by atoms with van der Waals surface area (Å²) in [6, 6.07) is 13.6. The summed E-state index contributed by atoms with van der Waals surface area (Å²) in [5, 5.41) is 0. The van der Waals surface area contributed by atoms with Gasteiger partial charge in [-0.2, -0.15) is 0 Å². The molecule has 0 spiro atoms. The first-order valence-corrected chi connectivity index (χ1v) is 7.21. The van der Waals surface area contributed by atoms with Crippen LogP contribution in [0.15, 0.2) is 46.9 Å². The van der Waals surface area contributed by atoms with E-state index in [1.54, 1.807) is 7.11 Å². The third-order valence-electron chi connectivity index (χ3n) is 3.05. The van der Waals surface area contributed by atoms with Crippen LogP contribution in [0.25, 0.3) is 0 Å². The summed E-state index contributed by atoms with van der Waals surface area (Å²) in [5.41, 5.74) is 7.99. The van der Waals surface area contributed by atoms with Crippen molar-refractivity contribution in [1.29, 1.82) is 0 Å². The fourth-order valence-corrected chi connectivity index (χ4v) is 2.29. The lowest BCUT2D eigenvalue weighted by molar-refractivity contribution is 0.300. The number of methoxy groups -OCH3 is 1. The van der Waals surface area contributed by atoms with Gasteiger partial charge in [0.1, 0.15) is 18.1 Å². The van der Waals surface area contributed by atoms with E-state index in [9.17, 15) is 0 Å². The summed E-state index contributed by atoms with van der Waals surface area (Å²) in [6.07, 6.45) is 0. The van der Waals surface area contributed by atoms with Crippen molar-refractivity contribution in [2.45, 2.75) is 19.6 Å². The van der Waals surface area contributed by atoms with Gasteiger partial charge < -0.3 is 15.2 Å². The van der Waals surface area contributed by atoms with Gasteiger partial charge in [0.15, 0.2) is 0 Å². The molecule has 106 valence electrons. The summed E-state index contributed by atoms with van der Waals surface area (Å²) >= 11 is 3.52. The number of hydrogen-bond acceptors (Lipinski definition) is 3. The molecular weight excluding hydrogens is 318 g/mol. The zero-order chi connectivity index (χ0) is 14.5. The van der Waals surface area contributed by atoms with Crippen LogP contribution in [-0.2, 0) is 6.61 Å². The Bertz CT molecular complexity index is 584. The standard InChI is InChI=1S/C16H18BrNO2/c1-11(18)14-5-3-4-6-16(14)20-10-12-9-13(19-2)7-8-15(12)17/h3-9,11H,10,18H2,1-2H3/t11-/m0/s1. The number of benzene rings is 2. The van der Waals surface area contributed by atoms with Crippen LogP contribution in [0.1, 0.15) is 24.1 Å². The molecule has 0 unspecified atom stereocenters. The highest BCUT2D eigenvalue weighted by Crippen LogP contribution is 2.27. The predicted octanol–water partition coefficient (Wildman–Crippen LogP) is 4.06. The number of nitrogens with two attached hydrogens (primary N) is 1. The smallest absolute Gasteiger partial charge is 0.124 e. The summed E-state index contributed by atoms with van der Waals surface area (Å²) in [5.74, 6) is 1.63. The van der Waals surface area contributed by atoms with E-state index in [0.717, 1.165) is 27.1 Å². The van der Waals surface area contributed by atoms with Crippen LogP contribution < -0.4 is 15.2 Å². The van der Waals surface area contributed by atoms with Gasteiger partial charge in [0.25, 0.3) is 0 Å². The lowest BCUT2D eigenvalue weighted by Crippen LogP contribution is -2.08. The Balaban J connectivity index is 2.17. The molecule has 0 heterocycles. The molecule has 0 aliphatic heterocycles. The summed E-state index contributed by atoms with van der Waals surface area (Å²) in [7, 11) is 1.65. The molecule has 4 heteroatoms. The highest BCUT2D eigenvalue weighted by atomic mass is 79.9. The number of rotatable bonds is 5. The minimum atomic E-state index is -0.0556. The van der Waals surface area contributed by atoms with E-state index in [1.165, 1.54) is 0 Å². The van der Waals surface area contributed by atoms with E-state index in [2.05, 4.69) is 15.9 Å². The maximum Gasteiger partial charge on any atom is 0.124 e. The van der Waals surface area contributed by atoms with Crippen molar-refractivity contribution >= 4 is 15.9 Å². The number of para-hydroxylation sites is 1. The second-order valence-electron chi connectivity index (χ2n) is 4.57. The summed E-state index contributed by atoms with van der Waals surface area (Å²) in [4.78, 5) is 0. The predicted molar refractivity (Wildman–Crippen MR) is 84.1 cm³/mol. The molecule has 0 radical (unpaired) electrons. The van der Waals surface area contributed by atoms with E-state index >= 15 is 0 Å². The van der Waals surface area contributed by atoms with E-state index in [0.29, 0.717) is 6.61 Å². The minimum absolute atomic E-state index is 0.0556. The molecule has 0 fully saturated rings. The Labute approximate surface area is 127 Å². The van der Waals surface area contributed by atoms with Crippen LogP contribution in [0.4, 0.5) is 0 Å².